The normalized spacial score (nSPS) is 26.0. The first-order valence-electron chi connectivity index (χ1n) is 14.8. The van der Waals surface area contributed by atoms with Gasteiger partial charge in [0.1, 0.15) is 16.9 Å². The van der Waals surface area contributed by atoms with Crippen LogP contribution in [0.15, 0.2) is 30.3 Å². The largest absolute Gasteiger partial charge is 0.494 e. The number of pyridine rings is 1. The van der Waals surface area contributed by atoms with E-state index in [0.29, 0.717) is 29.1 Å². The molecule has 4 aliphatic rings. The smallest absolute Gasteiger partial charge is 0.254 e. The number of carbonyl (C=O) groups excluding carboxylic acids is 1. The van der Waals surface area contributed by atoms with Gasteiger partial charge in [-0.15, -0.1) is 0 Å². The molecule has 2 aliphatic heterocycles. The standard InChI is InChI=1S/C31H37N7O2/c1-36-28-23(11-21(13-26(28)40-2)31(39)38-16-20-6-8-24(38)27(20)32)35-30(36)25-12-18-5-7-22(19-9-10-33-14-19)34-29(18)37(25)15-17-3-4-17/h5,7,11-13,17,19-20,24,27,33H,3-4,6,8-10,14-16,32H2,1-2H3/t19?,20-,24-,27-/m1/s1. The molecule has 2 bridgehead atoms. The number of piperidine rings is 1. The van der Waals surface area contributed by atoms with Gasteiger partial charge >= 0.3 is 0 Å². The number of fused-ring (bicyclic) bond motifs is 4. The zero-order valence-corrected chi connectivity index (χ0v) is 23.3. The van der Waals surface area contributed by atoms with Gasteiger partial charge in [0, 0.05) is 61.3 Å². The SMILES string of the molecule is COc1cc(C(=O)N2C[C@H]3CC[C@@H]2[C@@H]3N)cc2nc(-c3cc4ccc(C5CCNC5)nc4n3CC3CC3)n(C)c12. The van der Waals surface area contributed by atoms with E-state index in [-0.39, 0.29) is 18.0 Å². The van der Waals surface area contributed by atoms with Crippen molar-refractivity contribution in [3.05, 3.63) is 41.6 Å². The van der Waals surface area contributed by atoms with E-state index >= 15 is 0 Å². The number of aryl methyl sites for hydroxylation is 1. The van der Waals surface area contributed by atoms with Crippen LogP contribution in [0.1, 0.15) is 54.1 Å². The number of nitrogens with one attached hydrogen (secondary N) is 1. The zero-order valence-electron chi connectivity index (χ0n) is 23.3. The minimum absolute atomic E-state index is 0.0241. The molecule has 4 aromatic rings. The highest BCUT2D eigenvalue weighted by atomic mass is 16.5. The van der Waals surface area contributed by atoms with Crippen LogP contribution in [-0.4, -0.2) is 68.7 Å². The number of carbonyl (C=O) groups is 1. The highest BCUT2D eigenvalue weighted by molar-refractivity contribution is 6.00. The van der Waals surface area contributed by atoms with E-state index in [2.05, 4.69) is 32.7 Å². The molecule has 0 spiro atoms. The number of nitrogens with zero attached hydrogens (tertiary/aromatic N) is 5. The Balaban J connectivity index is 1.23. The summed E-state index contributed by atoms with van der Waals surface area (Å²) >= 11 is 0. The van der Waals surface area contributed by atoms with Crippen molar-refractivity contribution in [3.63, 3.8) is 0 Å². The summed E-state index contributed by atoms with van der Waals surface area (Å²) in [6.07, 6.45) is 5.75. The maximum atomic E-state index is 13.7. The number of ether oxygens (including phenoxy) is 1. The maximum absolute atomic E-state index is 13.7. The molecule has 2 saturated carbocycles. The number of aromatic nitrogens is 4. The summed E-state index contributed by atoms with van der Waals surface area (Å²) in [5, 5.41) is 4.61. The van der Waals surface area contributed by atoms with Gasteiger partial charge in [-0.3, -0.25) is 4.79 Å². The first kappa shape index (κ1) is 24.4. The number of imidazole rings is 1. The third-order valence-electron chi connectivity index (χ3n) is 9.93. The second-order valence-electron chi connectivity index (χ2n) is 12.4. The maximum Gasteiger partial charge on any atom is 0.254 e. The van der Waals surface area contributed by atoms with Crippen molar-refractivity contribution >= 4 is 28.0 Å². The monoisotopic (exact) mass is 539 g/mol. The van der Waals surface area contributed by atoms with Crippen molar-refractivity contribution in [2.75, 3.05) is 26.7 Å². The molecule has 3 aromatic heterocycles. The molecule has 1 amide bonds. The number of amides is 1. The summed E-state index contributed by atoms with van der Waals surface area (Å²) in [4.78, 5) is 26.0. The Morgan fingerprint density at radius 3 is 2.70 bits per heavy atom. The molecule has 9 heteroatoms. The van der Waals surface area contributed by atoms with Gasteiger partial charge in [0.15, 0.2) is 5.82 Å². The van der Waals surface area contributed by atoms with Gasteiger partial charge in [0.2, 0.25) is 0 Å². The number of nitrogens with two attached hydrogens (primary N) is 1. The van der Waals surface area contributed by atoms with E-state index in [0.717, 1.165) is 79.0 Å². The van der Waals surface area contributed by atoms with Gasteiger partial charge in [0.05, 0.1) is 18.3 Å². The quantitative estimate of drug-likeness (QED) is 0.388. The Morgan fingerprint density at radius 2 is 2.00 bits per heavy atom. The molecule has 8 rings (SSSR count). The lowest BCUT2D eigenvalue weighted by Gasteiger charge is -2.27. The van der Waals surface area contributed by atoms with Crippen LogP contribution in [0, 0.1) is 11.8 Å². The van der Waals surface area contributed by atoms with Gasteiger partial charge in [0.25, 0.3) is 5.91 Å². The third kappa shape index (κ3) is 3.70. The lowest BCUT2D eigenvalue weighted by atomic mass is 10.0. The molecule has 2 saturated heterocycles. The molecular weight excluding hydrogens is 502 g/mol. The predicted molar refractivity (Wildman–Crippen MR) is 154 cm³/mol. The van der Waals surface area contributed by atoms with Crippen LogP contribution in [0.3, 0.4) is 0 Å². The summed E-state index contributed by atoms with van der Waals surface area (Å²) in [5.74, 6) is 3.11. The summed E-state index contributed by atoms with van der Waals surface area (Å²) in [6, 6.07) is 10.7. The molecule has 0 radical (unpaired) electrons. The minimum atomic E-state index is 0.0241. The fourth-order valence-corrected chi connectivity index (χ4v) is 7.47. The molecule has 208 valence electrons. The second kappa shape index (κ2) is 9.04. The van der Waals surface area contributed by atoms with E-state index in [1.165, 1.54) is 18.5 Å². The molecule has 1 unspecified atom stereocenters. The van der Waals surface area contributed by atoms with Gasteiger partial charge in [-0.1, -0.05) is 0 Å². The van der Waals surface area contributed by atoms with E-state index in [1.807, 2.05) is 24.1 Å². The first-order valence-corrected chi connectivity index (χ1v) is 14.8. The number of benzene rings is 1. The van der Waals surface area contributed by atoms with Crippen LogP contribution in [0.5, 0.6) is 5.75 Å². The average Bonchev–Trinajstić information content (AvgIpc) is 3.34. The van der Waals surface area contributed by atoms with Crippen LogP contribution in [0.4, 0.5) is 0 Å². The van der Waals surface area contributed by atoms with Gasteiger partial charge < -0.3 is 29.8 Å². The highest BCUT2D eigenvalue weighted by Gasteiger charge is 2.47. The topological polar surface area (TPSA) is 103 Å². The highest BCUT2D eigenvalue weighted by Crippen LogP contribution is 2.40. The number of rotatable bonds is 6. The van der Waals surface area contributed by atoms with Crippen molar-refractivity contribution in [1.82, 2.24) is 29.3 Å². The lowest BCUT2D eigenvalue weighted by Crippen LogP contribution is -2.41. The lowest BCUT2D eigenvalue weighted by molar-refractivity contribution is 0.0700. The van der Waals surface area contributed by atoms with Crippen molar-refractivity contribution < 1.29 is 9.53 Å². The molecule has 3 N–H and O–H groups in total. The molecule has 5 heterocycles. The number of hydrogen-bond acceptors (Lipinski definition) is 6. The van der Waals surface area contributed by atoms with Crippen LogP contribution >= 0.6 is 0 Å². The van der Waals surface area contributed by atoms with Crippen LogP contribution in [0.25, 0.3) is 33.6 Å². The number of methoxy groups -OCH3 is 1. The fourth-order valence-electron chi connectivity index (χ4n) is 7.47. The Hall–Kier alpha value is -3.43. The Morgan fingerprint density at radius 1 is 1.12 bits per heavy atom. The molecule has 40 heavy (non-hydrogen) atoms. The Labute approximate surface area is 233 Å². The van der Waals surface area contributed by atoms with Crippen molar-refractivity contribution in [2.45, 2.75) is 56.7 Å². The molecule has 1 aromatic carbocycles. The summed E-state index contributed by atoms with van der Waals surface area (Å²) < 4.78 is 10.3. The molecule has 4 atom stereocenters. The second-order valence-corrected chi connectivity index (χ2v) is 12.4. The fraction of sp³-hybridized carbons (Fsp3) is 0.516. The Bertz CT molecular complexity index is 1640. The average molecular weight is 540 g/mol. The van der Waals surface area contributed by atoms with Crippen LogP contribution in [-0.2, 0) is 13.6 Å². The molecule has 2 aliphatic carbocycles. The van der Waals surface area contributed by atoms with Crippen molar-refractivity contribution in [2.24, 2.45) is 24.6 Å². The van der Waals surface area contributed by atoms with Crippen LogP contribution < -0.4 is 15.8 Å². The minimum Gasteiger partial charge on any atom is -0.494 e. The summed E-state index contributed by atoms with van der Waals surface area (Å²) in [6.45, 7) is 3.73. The first-order chi connectivity index (χ1) is 19.5. The zero-order chi connectivity index (χ0) is 27.1. The van der Waals surface area contributed by atoms with Gasteiger partial charge in [-0.2, -0.15) is 0 Å². The third-order valence-corrected chi connectivity index (χ3v) is 9.93. The number of hydrogen-bond donors (Lipinski definition) is 2. The van der Waals surface area contributed by atoms with E-state index < -0.39 is 0 Å². The summed E-state index contributed by atoms with van der Waals surface area (Å²) in [5.41, 5.74) is 12.0. The van der Waals surface area contributed by atoms with Crippen LogP contribution in [0.2, 0.25) is 0 Å². The molecular formula is C31H37N7O2. The van der Waals surface area contributed by atoms with E-state index in [4.69, 9.17) is 20.4 Å². The Kier molecular flexibility index (Phi) is 5.51. The van der Waals surface area contributed by atoms with E-state index in [1.54, 1.807) is 7.11 Å². The molecule has 9 nitrogen and oxygen atoms in total. The van der Waals surface area contributed by atoms with Crippen molar-refractivity contribution in [1.29, 1.82) is 0 Å². The van der Waals surface area contributed by atoms with E-state index in [9.17, 15) is 4.79 Å². The molecule has 4 fully saturated rings. The number of likely N-dealkylation sites (tertiary alicyclic amines) is 1. The van der Waals surface area contributed by atoms with Gasteiger partial charge in [-0.25, -0.2) is 9.97 Å². The predicted octanol–water partition coefficient (Wildman–Crippen LogP) is 3.65. The summed E-state index contributed by atoms with van der Waals surface area (Å²) in [7, 11) is 3.70. The van der Waals surface area contributed by atoms with Crippen molar-refractivity contribution in [3.8, 4) is 17.3 Å². The van der Waals surface area contributed by atoms with Gasteiger partial charge in [-0.05, 0) is 80.8 Å².